The van der Waals surface area contributed by atoms with Crippen molar-refractivity contribution in [2.75, 3.05) is 12.3 Å². The number of aliphatic hydroxyl groups excluding tert-OH is 1. The molecule has 0 fully saturated rings. The summed E-state index contributed by atoms with van der Waals surface area (Å²) < 4.78 is 5.89. The highest BCUT2D eigenvalue weighted by atomic mass is 16.5. The summed E-state index contributed by atoms with van der Waals surface area (Å²) in [4.78, 5) is 28.3. The molecule has 0 bridgehead atoms. The highest BCUT2D eigenvalue weighted by Gasteiger charge is 2.25. The van der Waals surface area contributed by atoms with Gasteiger partial charge in [0, 0.05) is 0 Å². The number of ether oxygens (including phenoxy) is 1. The van der Waals surface area contributed by atoms with Crippen molar-refractivity contribution in [2.24, 2.45) is 0 Å². The normalized spacial score (nSPS) is 11.8. The van der Waals surface area contributed by atoms with E-state index < -0.39 is 17.4 Å². The van der Waals surface area contributed by atoms with Gasteiger partial charge in [-0.3, -0.25) is 9.78 Å². The number of aliphatic hydroxyl groups is 1. The summed E-state index contributed by atoms with van der Waals surface area (Å²) in [7, 11) is 0. The Morgan fingerprint density at radius 2 is 2.00 bits per heavy atom. The number of aryl methyl sites for hydroxylation is 1. The number of aromatic nitrogens is 1. The summed E-state index contributed by atoms with van der Waals surface area (Å²) in [5, 5.41) is 22.2. The first kappa shape index (κ1) is 22.5. The second-order valence-corrected chi connectivity index (χ2v) is 7.33. The number of carbonyl (C=O) groups is 2. The number of anilines is 1. The van der Waals surface area contributed by atoms with E-state index in [1.807, 2.05) is 0 Å². The first-order chi connectivity index (χ1) is 14.0. The van der Waals surface area contributed by atoms with E-state index in [4.69, 9.17) is 10.5 Å². The van der Waals surface area contributed by atoms with Gasteiger partial charge < -0.3 is 26.0 Å². The van der Waals surface area contributed by atoms with Crippen molar-refractivity contribution in [3.63, 3.8) is 0 Å². The Kier molecular flexibility index (Phi) is 6.51. The molecule has 0 unspecified atom stereocenters. The molecule has 1 aromatic heterocycles. The number of nitrogens with two attached hydrogens (primary N) is 1. The Bertz CT molecular complexity index is 1070. The molecule has 8 nitrogen and oxygen atoms in total. The molecule has 0 radical (unpaired) electrons. The molecule has 5 N–H and O–H groups in total. The second kappa shape index (κ2) is 8.69. The number of amides is 1. The molecule has 0 saturated heterocycles. The summed E-state index contributed by atoms with van der Waals surface area (Å²) >= 11 is 0. The smallest absolute Gasteiger partial charge is 0.339 e. The lowest BCUT2D eigenvalue weighted by Gasteiger charge is -2.27. The zero-order chi connectivity index (χ0) is 22.6. The molecule has 0 aliphatic carbocycles. The van der Waals surface area contributed by atoms with Crippen molar-refractivity contribution in [3.8, 4) is 5.75 Å². The number of carbonyl (C=O) groups excluding carboxylic acids is 1. The van der Waals surface area contributed by atoms with Crippen molar-refractivity contribution >= 4 is 28.5 Å². The van der Waals surface area contributed by atoms with E-state index in [0.29, 0.717) is 22.3 Å². The monoisotopic (exact) mass is 411 g/mol. The molecule has 1 heterocycles. The standard InChI is InChI=1S/C22H25N3O5/c1-6-8-14(13(3)26)20(27)25-22(4,5)11-30-16-10-7-9-15-18(16)19(23)17(21(28)29)12(2)24-15/h6-10,26H,1,3,11H2,2,4-5H3,(H2,23,24)(H,25,27)(H,28,29)/b14-8+. The van der Waals surface area contributed by atoms with Gasteiger partial charge >= 0.3 is 5.97 Å². The van der Waals surface area contributed by atoms with Crippen LogP contribution >= 0.6 is 0 Å². The number of nitrogens with one attached hydrogen (secondary N) is 1. The number of aromatic carboxylic acids is 1. The average molecular weight is 411 g/mol. The highest BCUT2D eigenvalue weighted by molar-refractivity contribution is 6.06. The van der Waals surface area contributed by atoms with E-state index in [9.17, 15) is 19.8 Å². The maximum atomic E-state index is 12.4. The van der Waals surface area contributed by atoms with E-state index in [-0.39, 0.29) is 29.2 Å². The molecule has 1 amide bonds. The number of hydrogen-bond acceptors (Lipinski definition) is 6. The molecular weight excluding hydrogens is 386 g/mol. The fourth-order valence-corrected chi connectivity index (χ4v) is 2.92. The number of nitrogen functional groups attached to an aromatic ring is 1. The van der Waals surface area contributed by atoms with Gasteiger partial charge in [0.25, 0.3) is 5.91 Å². The maximum Gasteiger partial charge on any atom is 0.339 e. The van der Waals surface area contributed by atoms with Gasteiger partial charge in [0.15, 0.2) is 0 Å². The molecule has 158 valence electrons. The lowest BCUT2D eigenvalue weighted by molar-refractivity contribution is -0.119. The SMILES string of the molecule is C=C/C=C(\C(=C)O)C(=O)NC(C)(C)COc1cccc2nc(C)c(C(=O)O)c(N)c12. The maximum absolute atomic E-state index is 12.4. The molecule has 2 rings (SSSR count). The number of allylic oxidation sites excluding steroid dienone is 2. The van der Waals surface area contributed by atoms with Crippen LogP contribution in [0.2, 0.25) is 0 Å². The van der Waals surface area contributed by atoms with Crippen LogP contribution < -0.4 is 15.8 Å². The Morgan fingerprint density at radius 1 is 1.33 bits per heavy atom. The number of carboxylic acid groups (broad SMARTS) is 1. The summed E-state index contributed by atoms with van der Waals surface area (Å²) in [6, 6.07) is 5.08. The molecule has 0 saturated carbocycles. The molecule has 0 aliphatic heterocycles. The highest BCUT2D eigenvalue weighted by Crippen LogP contribution is 2.33. The molecule has 30 heavy (non-hydrogen) atoms. The largest absolute Gasteiger partial charge is 0.508 e. The third-order valence-corrected chi connectivity index (χ3v) is 4.29. The van der Waals surface area contributed by atoms with Gasteiger partial charge in [-0.15, -0.1) is 0 Å². The molecule has 0 atom stereocenters. The third kappa shape index (κ3) is 4.78. The number of pyridine rings is 1. The van der Waals surface area contributed by atoms with Crippen LogP contribution in [0.1, 0.15) is 29.9 Å². The van der Waals surface area contributed by atoms with Crippen LogP contribution in [0.15, 0.2) is 54.8 Å². The van der Waals surface area contributed by atoms with Crippen molar-refractivity contribution in [1.29, 1.82) is 0 Å². The van der Waals surface area contributed by atoms with Crippen molar-refractivity contribution < 1.29 is 24.5 Å². The lowest BCUT2D eigenvalue weighted by Crippen LogP contribution is -2.48. The minimum atomic E-state index is -1.17. The fraction of sp³-hybridized carbons (Fsp3) is 0.227. The van der Waals surface area contributed by atoms with Crippen molar-refractivity contribution in [2.45, 2.75) is 26.3 Å². The van der Waals surface area contributed by atoms with Crippen molar-refractivity contribution in [3.05, 3.63) is 66.1 Å². The minimum absolute atomic E-state index is 0.0155. The average Bonchev–Trinajstić information content (AvgIpc) is 2.63. The molecular formula is C22H25N3O5. The van der Waals surface area contributed by atoms with Gasteiger partial charge in [-0.05, 0) is 39.0 Å². The van der Waals surface area contributed by atoms with E-state index >= 15 is 0 Å². The number of fused-ring (bicyclic) bond motifs is 1. The second-order valence-electron chi connectivity index (χ2n) is 7.33. The van der Waals surface area contributed by atoms with Gasteiger partial charge in [0.05, 0.1) is 33.4 Å². The predicted molar refractivity (Wildman–Crippen MR) is 116 cm³/mol. The molecule has 2 aromatic rings. The summed E-state index contributed by atoms with van der Waals surface area (Å²) in [6.07, 6.45) is 2.72. The summed E-state index contributed by atoms with van der Waals surface area (Å²) in [5.41, 5.74) is 6.06. The van der Waals surface area contributed by atoms with Gasteiger partial charge in [0.2, 0.25) is 0 Å². The summed E-state index contributed by atoms with van der Waals surface area (Å²) in [5.74, 6) is -1.75. The van der Waals surface area contributed by atoms with Crippen LogP contribution in [0.25, 0.3) is 10.9 Å². The Hall–Kier alpha value is -3.81. The zero-order valence-corrected chi connectivity index (χ0v) is 17.2. The number of carboxylic acids is 1. The van der Waals surface area contributed by atoms with E-state index in [1.54, 1.807) is 39.0 Å². The van der Waals surface area contributed by atoms with Crippen molar-refractivity contribution in [1.82, 2.24) is 10.3 Å². The van der Waals surface area contributed by atoms with Crippen LogP contribution in [-0.4, -0.2) is 39.2 Å². The number of hydrogen-bond donors (Lipinski definition) is 4. The van der Waals surface area contributed by atoms with Gasteiger partial charge in [-0.2, -0.15) is 0 Å². The number of benzene rings is 1. The third-order valence-electron chi connectivity index (χ3n) is 4.29. The molecule has 0 spiro atoms. The Labute approximate surface area is 174 Å². The number of nitrogens with zero attached hydrogens (tertiary/aromatic N) is 1. The summed E-state index contributed by atoms with van der Waals surface area (Å²) in [6.45, 7) is 12.0. The Balaban J connectivity index is 2.32. The van der Waals surface area contributed by atoms with E-state index in [0.717, 1.165) is 0 Å². The molecule has 8 heteroatoms. The van der Waals surface area contributed by atoms with Crippen LogP contribution in [-0.2, 0) is 4.79 Å². The van der Waals surface area contributed by atoms with E-state index in [2.05, 4.69) is 23.5 Å². The Morgan fingerprint density at radius 3 is 2.57 bits per heavy atom. The molecule has 1 aromatic carbocycles. The minimum Gasteiger partial charge on any atom is -0.508 e. The first-order valence-corrected chi connectivity index (χ1v) is 9.07. The molecule has 0 aliphatic rings. The quantitative estimate of drug-likeness (QED) is 0.297. The van der Waals surface area contributed by atoms with Crippen LogP contribution in [0, 0.1) is 6.92 Å². The van der Waals surface area contributed by atoms with Crippen LogP contribution in [0.5, 0.6) is 5.75 Å². The zero-order valence-electron chi connectivity index (χ0n) is 17.2. The first-order valence-electron chi connectivity index (χ1n) is 9.07. The number of rotatable bonds is 8. The van der Waals surface area contributed by atoms with Crippen LogP contribution in [0.3, 0.4) is 0 Å². The predicted octanol–water partition coefficient (Wildman–Crippen LogP) is 3.28. The van der Waals surface area contributed by atoms with Gasteiger partial charge in [0.1, 0.15) is 23.7 Å². The lowest BCUT2D eigenvalue weighted by atomic mass is 10.0. The van der Waals surface area contributed by atoms with Crippen LogP contribution in [0.4, 0.5) is 5.69 Å². The van der Waals surface area contributed by atoms with Gasteiger partial charge in [-0.25, -0.2) is 4.79 Å². The topological polar surface area (TPSA) is 135 Å². The van der Waals surface area contributed by atoms with E-state index in [1.165, 1.54) is 12.2 Å². The van der Waals surface area contributed by atoms with Gasteiger partial charge in [-0.1, -0.05) is 25.3 Å². The fourth-order valence-electron chi connectivity index (χ4n) is 2.92.